The van der Waals surface area contributed by atoms with Crippen molar-refractivity contribution >= 4 is 27.7 Å². The number of nitrogens with zero attached hydrogens (tertiary/aromatic N) is 2. The van der Waals surface area contributed by atoms with Crippen molar-refractivity contribution in [3.05, 3.63) is 53.0 Å². The molecule has 0 fully saturated rings. The van der Waals surface area contributed by atoms with Crippen LogP contribution in [0.4, 0.5) is 0 Å². The van der Waals surface area contributed by atoms with Crippen LogP contribution in [-0.4, -0.2) is 20.8 Å². The average molecular weight is 367 g/mol. The molecular weight excluding hydrogens is 348 g/mol. The van der Waals surface area contributed by atoms with Gasteiger partial charge in [0, 0.05) is 38.5 Å². The Bertz CT molecular complexity index is 585. The summed E-state index contributed by atoms with van der Waals surface area (Å²) in [6.45, 7) is 5.95. The van der Waals surface area contributed by atoms with Crippen LogP contribution in [0.3, 0.4) is 0 Å². The van der Waals surface area contributed by atoms with Crippen molar-refractivity contribution in [2.75, 3.05) is 5.75 Å². The van der Waals surface area contributed by atoms with Gasteiger partial charge in [-0.15, -0.1) is 11.8 Å². The minimum Gasteiger partial charge on any atom is -0.385 e. The molecule has 0 radical (unpaired) electrons. The van der Waals surface area contributed by atoms with Gasteiger partial charge in [-0.2, -0.15) is 0 Å². The molecule has 1 N–H and O–H groups in total. The predicted molar refractivity (Wildman–Crippen MR) is 90.2 cm³/mol. The highest BCUT2D eigenvalue weighted by Crippen LogP contribution is 2.42. The quantitative estimate of drug-likeness (QED) is 0.802. The van der Waals surface area contributed by atoms with Crippen molar-refractivity contribution in [2.45, 2.75) is 31.3 Å². The highest BCUT2D eigenvalue weighted by atomic mass is 79.9. The molecule has 1 atom stereocenters. The van der Waals surface area contributed by atoms with Gasteiger partial charge in [0.05, 0.1) is 5.60 Å². The minimum absolute atomic E-state index is 0.324. The summed E-state index contributed by atoms with van der Waals surface area (Å²) in [5, 5.41) is 10.9. The van der Waals surface area contributed by atoms with Crippen LogP contribution in [0.1, 0.15) is 26.3 Å². The zero-order chi connectivity index (χ0) is 15.5. The number of rotatable bonds is 5. The Kier molecular flexibility index (Phi) is 5.07. The molecule has 2 rings (SSSR count). The van der Waals surface area contributed by atoms with Crippen LogP contribution >= 0.6 is 27.7 Å². The number of hydrogen-bond donors (Lipinski definition) is 1. The number of aromatic nitrogens is 2. The molecule has 0 saturated carbocycles. The molecule has 1 aromatic heterocycles. The number of aliphatic hydroxyl groups is 1. The number of hydrogen-bond acceptors (Lipinski definition) is 4. The molecule has 0 aliphatic heterocycles. The summed E-state index contributed by atoms with van der Waals surface area (Å²) in [5.41, 5.74) is -0.571. The first-order chi connectivity index (χ1) is 9.83. The smallest absolute Gasteiger partial charge is 0.115 e. The van der Waals surface area contributed by atoms with Crippen molar-refractivity contribution in [2.24, 2.45) is 5.41 Å². The third-order valence-corrected chi connectivity index (χ3v) is 5.85. The van der Waals surface area contributed by atoms with Gasteiger partial charge in [0.1, 0.15) is 6.33 Å². The predicted octanol–water partition coefficient (Wildman–Crippen LogP) is 4.27. The van der Waals surface area contributed by atoms with E-state index < -0.39 is 5.60 Å². The van der Waals surface area contributed by atoms with E-state index in [1.165, 1.54) is 11.2 Å². The van der Waals surface area contributed by atoms with Crippen molar-refractivity contribution in [1.29, 1.82) is 0 Å². The summed E-state index contributed by atoms with van der Waals surface area (Å²) >= 11 is 5.17. The van der Waals surface area contributed by atoms with Gasteiger partial charge < -0.3 is 5.11 Å². The van der Waals surface area contributed by atoms with E-state index in [4.69, 9.17) is 0 Å². The molecule has 1 aromatic carbocycles. The lowest BCUT2D eigenvalue weighted by Gasteiger charge is -2.40. The van der Waals surface area contributed by atoms with Gasteiger partial charge in [-0.3, -0.25) is 0 Å². The fourth-order valence-electron chi connectivity index (χ4n) is 1.88. The highest BCUT2D eigenvalue weighted by Gasteiger charge is 2.41. The Labute approximate surface area is 138 Å². The molecule has 0 bridgehead atoms. The van der Waals surface area contributed by atoms with Crippen LogP contribution in [0, 0.1) is 5.41 Å². The highest BCUT2D eigenvalue weighted by molar-refractivity contribution is 9.10. The van der Waals surface area contributed by atoms with Crippen LogP contribution in [0.5, 0.6) is 0 Å². The summed E-state index contributed by atoms with van der Waals surface area (Å²) in [4.78, 5) is 9.21. The molecule has 1 unspecified atom stereocenters. The minimum atomic E-state index is -0.989. The number of halogens is 1. The molecule has 1 heterocycles. The van der Waals surface area contributed by atoms with E-state index in [0.717, 1.165) is 15.8 Å². The van der Waals surface area contributed by atoms with Crippen LogP contribution in [0.2, 0.25) is 0 Å². The fourth-order valence-corrected chi connectivity index (χ4v) is 3.28. The maximum Gasteiger partial charge on any atom is 0.115 e. The molecular formula is C16H19BrN2OS. The van der Waals surface area contributed by atoms with Crippen LogP contribution in [0.25, 0.3) is 0 Å². The van der Waals surface area contributed by atoms with Gasteiger partial charge in [0.25, 0.3) is 0 Å². The summed E-state index contributed by atoms with van der Waals surface area (Å²) in [6.07, 6.45) is 4.83. The molecule has 0 aliphatic carbocycles. The Hall–Kier alpha value is -0.910. The van der Waals surface area contributed by atoms with E-state index in [9.17, 15) is 5.11 Å². The SMILES string of the molecule is CC(C)(CSc1ccc(Br)cc1)C(C)(O)c1cncnc1. The second-order valence-electron chi connectivity index (χ2n) is 5.83. The maximum atomic E-state index is 10.9. The van der Waals surface area contributed by atoms with E-state index in [1.54, 1.807) is 24.2 Å². The Morgan fingerprint density at radius 2 is 1.67 bits per heavy atom. The van der Waals surface area contributed by atoms with E-state index in [2.05, 4.69) is 51.9 Å². The first kappa shape index (κ1) is 16.5. The van der Waals surface area contributed by atoms with Gasteiger partial charge in [0.15, 0.2) is 0 Å². The molecule has 3 nitrogen and oxygen atoms in total. The summed E-state index contributed by atoms with van der Waals surface area (Å²) in [5.74, 6) is 0.788. The average Bonchev–Trinajstić information content (AvgIpc) is 2.47. The van der Waals surface area contributed by atoms with E-state index >= 15 is 0 Å². The van der Waals surface area contributed by atoms with Gasteiger partial charge >= 0.3 is 0 Å². The normalized spacial score (nSPS) is 14.7. The van der Waals surface area contributed by atoms with Gasteiger partial charge in [0.2, 0.25) is 0 Å². The van der Waals surface area contributed by atoms with Crippen molar-refractivity contribution in [1.82, 2.24) is 9.97 Å². The molecule has 0 aliphatic rings. The standard InChI is InChI=1S/C16H19BrN2OS/c1-15(2,10-21-14-6-4-13(17)5-7-14)16(3,20)12-8-18-11-19-9-12/h4-9,11,20H,10H2,1-3H3. The van der Waals surface area contributed by atoms with Crippen LogP contribution in [0.15, 0.2) is 52.4 Å². The lowest BCUT2D eigenvalue weighted by atomic mass is 9.74. The van der Waals surface area contributed by atoms with Gasteiger partial charge in [-0.05, 0) is 31.2 Å². The lowest BCUT2D eigenvalue weighted by molar-refractivity contribution is -0.0447. The van der Waals surface area contributed by atoms with Gasteiger partial charge in [-0.1, -0.05) is 29.8 Å². The van der Waals surface area contributed by atoms with Gasteiger partial charge in [-0.25, -0.2) is 9.97 Å². The largest absolute Gasteiger partial charge is 0.385 e. The molecule has 0 spiro atoms. The molecule has 21 heavy (non-hydrogen) atoms. The third-order valence-electron chi connectivity index (χ3n) is 3.85. The molecule has 112 valence electrons. The van der Waals surface area contributed by atoms with Crippen LogP contribution in [-0.2, 0) is 5.60 Å². The second kappa shape index (κ2) is 6.46. The van der Waals surface area contributed by atoms with Crippen molar-refractivity contribution in [3.8, 4) is 0 Å². The Balaban J connectivity index is 2.12. The molecule has 2 aromatic rings. The van der Waals surface area contributed by atoms with Crippen LogP contribution < -0.4 is 0 Å². The maximum absolute atomic E-state index is 10.9. The second-order valence-corrected chi connectivity index (χ2v) is 7.79. The zero-order valence-corrected chi connectivity index (χ0v) is 14.8. The van der Waals surface area contributed by atoms with E-state index in [-0.39, 0.29) is 5.41 Å². The molecule has 0 amide bonds. The first-order valence-corrected chi connectivity index (χ1v) is 8.47. The first-order valence-electron chi connectivity index (χ1n) is 6.69. The number of benzene rings is 1. The summed E-state index contributed by atoms with van der Waals surface area (Å²) in [7, 11) is 0. The third kappa shape index (κ3) is 3.84. The summed E-state index contributed by atoms with van der Waals surface area (Å²) < 4.78 is 1.07. The Morgan fingerprint density at radius 3 is 2.24 bits per heavy atom. The molecule has 5 heteroatoms. The summed E-state index contributed by atoms with van der Waals surface area (Å²) in [6, 6.07) is 8.20. The van der Waals surface area contributed by atoms with Crippen molar-refractivity contribution in [3.63, 3.8) is 0 Å². The van der Waals surface area contributed by atoms with E-state index in [1.807, 2.05) is 19.1 Å². The number of thioether (sulfide) groups is 1. The topological polar surface area (TPSA) is 46.0 Å². The zero-order valence-electron chi connectivity index (χ0n) is 12.4. The Morgan fingerprint density at radius 1 is 1.10 bits per heavy atom. The van der Waals surface area contributed by atoms with E-state index in [0.29, 0.717) is 0 Å². The fraction of sp³-hybridized carbons (Fsp3) is 0.375. The lowest BCUT2D eigenvalue weighted by Crippen LogP contribution is -2.41. The van der Waals surface area contributed by atoms with Crippen molar-refractivity contribution < 1.29 is 5.11 Å². The molecule has 0 saturated heterocycles. The monoisotopic (exact) mass is 366 g/mol.